The molecule has 0 aromatic heterocycles. The molecule has 0 aromatic carbocycles. The molecule has 0 amide bonds. The van der Waals surface area contributed by atoms with E-state index in [0.29, 0.717) is 19.3 Å². The van der Waals surface area contributed by atoms with E-state index in [1.807, 2.05) is 0 Å². The Morgan fingerprint density at radius 3 is 0.803 bits per heavy atom. The molecule has 1 unspecified atom stereocenters. The summed E-state index contributed by atoms with van der Waals surface area (Å²) < 4.78 is 16.8. The highest BCUT2D eigenvalue weighted by Gasteiger charge is 2.19. The van der Waals surface area contributed by atoms with Crippen molar-refractivity contribution in [2.45, 2.75) is 290 Å². The summed E-state index contributed by atoms with van der Waals surface area (Å²) >= 11 is 0. The number of rotatable bonds is 56. The molecule has 0 rings (SSSR count). The summed E-state index contributed by atoms with van der Waals surface area (Å²) in [5.41, 5.74) is 0. The predicted molar refractivity (Wildman–Crippen MR) is 330 cm³/mol. The van der Waals surface area contributed by atoms with Crippen molar-refractivity contribution in [3.63, 3.8) is 0 Å². The number of allylic oxidation sites excluding steroid dienone is 20. The van der Waals surface area contributed by atoms with Gasteiger partial charge in [0.25, 0.3) is 0 Å². The summed E-state index contributed by atoms with van der Waals surface area (Å²) in [7, 11) is 0. The van der Waals surface area contributed by atoms with Crippen molar-refractivity contribution in [3.05, 3.63) is 122 Å². The summed E-state index contributed by atoms with van der Waals surface area (Å²) in [5, 5.41) is 0. The lowest BCUT2D eigenvalue weighted by molar-refractivity contribution is -0.167. The van der Waals surface area contributed by atoms with E-state index < -0.39 is 6.10 Å². The van der Waals surface area contributed by atoms with E-state index >= 15 is 0 Å². The van der Waals surface area contributed by atoms with Gasteiger partial charge in [-0.3, -0.25) is 14.4 Å². The fourth-order valence-electron chi connectivity index (χ4n) is 8.56. The number of carbonyl (C=O) groups excluding carboxylic acids is 3. The summed E-state index contributed by atoms with van der Waals surface area (Å²) in [6.07, 6.45) is 88.1. The van der Waals surface area contributed by atoms with Crippen molar-refractivity contribution in [3.8, 4) is 0 Å². The highest BCUT2D eigenvalue weighted by atomic mass is 16.6. The van der Waals surface area contributed by atoms with E-state index in [2.05, 4.69) is 142 Å². The minimum atomic E-state index is -0.784. The number of ether oxygens (including phenoxy) is 3. The summed E-state index contributed by atoms with van der Waals surface area (Å²) in [6.45, 7) is 6.35. The lowest BCUT2D eigenvalue weighted by Crippen LogP contribution is -2.30. The quantitative estimate of drug-likeness (QED) is 0.0261. The number of carbonyl (C=O) groups is 3. The normalized spacial score (nSPS) is 12.9. The van der Waals surface area contributed by atoms with E-state index in [9.17, 15) is 14.4 Å². The van der Waals surface area contributed by atoms with Crippen molar-refractivity contribution in [2.75, 3.05) is 13.2 Å². The molecule has 76 heavy (non-hydrogen) atoms. The summed E-state index contributed by atoms with van der Waals surface area (Å²) in [6, 6.07) is 0. The SMILES string of the molecule is CC/C=C\C/C=C\C/C=C\C/C=C\C/C=C\C/C=C\CCCCCCCCCCCCCCCCC(=O)OCC(COC(=O)CCCCCCCC)OC(=O)CCCCCCCC/C=C\C/C=C\C/C=C\C/C=C\CC. The molecule has 0 aliphatic heterocycles. The molecule has 0 fully saturated rings. The van der Waals surface area contributed by atoms with Gasteiger partial charge in [-0.1, -0.05) is 277 Å². The van der Waals surface area contributed by atoms with Gasteiger partial charge in [-0.15, -0.1) is 0 Å². The number of hydrogen-bond acceptors (Lipinski definition) is 6. The standard InChI is InChI=1S/C70H116O6/c1-4-7-10-13-16-18-20-22-24-26-28-29-30-31-32-33-34-35-36-37-38-39-40-41-43-44-46-48-50-52-54-57-60-63-69(72)75-66-67(65-74-68(71)62-59-56-15-12-9-6-3)76-70(73)64-61-58-55-53-51-49-47-45-42-27-25-23-21-19-17-14-11-8-5-2/h7-8,10-11,16-19,22-25,28-29,31-32,34-35,42,45,67H,4-6,9,12-15,20-21,26-27,30,33,36-41,43-44,46-66H2,1-3H3/b10-7-,11-8-,18-16-,19-17-,24-22-,25-23-,29-28-,32-31-,35-34-,45-42-. The van der Waals surface area contributed by atoms with Gasteiger partial charge in [0.1, 0.15) is 13.2 Å². The second-order valence-corrected chi connectivity index (χ2v) is 20.6. The topological polar surface area (TPSA) is 78.9 Å². The Hall–Kier alpha value is -4.19. The molecule has 0 bridgehead atoms. The molecule has 0 N–H and O–H groups in total. The maximum absolute atomic E-state index is 12.8. The third-order valence-corrected chi connectivity index (χ3v) is 13.2. The van der Waals surface area contributed by atoms with Crippen molar-refractivity contribution >= 4 is 17.9 Å². The fraction of sp³-hybridized carbons (Fsp3) is 0.671. The second-order valence-electron chi connectivity index (χ2n) is 20.6. The zero-order chi connectivity index (χ0) is 55.0. The Morgan fingerprint density at radius 2 is 0.513 bits per heavy atom. The van der Waals surface area contributed by atoms with Crippen LogP contribution in [-0.4, -0.2) is 37.2 Å². The summed E-state index contributed by atoms with van der Waals surface area (Å²) in [5.74, 6) is -0.905. The van der Waals surface area contributed by atoms with Crippen LogP contribution in [0.5, 0.6) is 0 Å². The Morgan fingerprint density at radius 1 is 0.276 bits per heavy atom. The predicted octanol–water partition coefficient (Wildman–Crippen LogP) is 21.6. The zero-order valence-electron chi connectivity index (χ0n) is 49.5. The van der Waals surface area contributed by atoms with Gasteiger partial charge < -0.3 is 14.2 Å². The van der Waals surface area contributed by atoms with Gasteiger partial charge in [-0.2, -0.15) is 0 Å². The van der Waals surface area contributed by atoms with Gasteiger partial charge in [0.05, 0.1) is 0 Å². The van der Waals surface area contributed by atoms with Crippen molar-refractivity contribution < 1.29 is 28.6 Å². The highest BCUT2D eigenvalue weighted by molar-refractivity contribution is 5.71. The molecule has 1 atom stereocenters. The number of esters is 3. The second kappa shape index (κ2) is 63.3. The molecular weight excluding hydrogens is 937 g/mol. The minimum absolute atomic E-state index is 0.0840. The highest BCUT2D eigenvalue weighted by Crippen LogP contribution is 2.16. The maximum Gasteiger partial charge on any atom is 0.306 e. The molecule has 0 saturated carbocycles. The van der Waals surface area contributed by atoms with Crippen LogP contribution in [0.15, 0.2) is 122 Å². The average Bonchev–Trinajstić information content (AvgIpc) is 3.42. The molecule has 0 aliphatic rings. The number of hydrogen-bond donors (Lipinski definition) is 0. The largest absolute Gasteiger partial charge is 0.462 e. The van der Waals surface area contributed by atoms with Crippen LogP contribution < -0.4 is 0 Å². The Balaban J connectivity index is 4.06. The van der Waals surface area contributed by atoms with Gasteiger partial charge in [0, 0.05) is 19.3 Å². The van der Waals surface area contributed by atoms with Crippen LogP contribution in [0.3, 0.4) is 0 Å². The number of unbranched alkanes of at least 4 members (excludes halogenated alkanes) is 25. The van der Waals surface area contributed by atoms with Gasteiger partial charge >= 0.3 is 17.9 Å². The molecule has 432 valence electrons. The Bertz CT molecular complexity index is 1590. The van der Waals surface area contributed by atoms with Gasteiger partial charge in [-0.25, -0.2) is 0 Å². The van der Waals surface area contributed by atoms with Crippen LogP contribution in [-0.2, 0) is 28.6 Å². The zero-order valence-corrected chi connectivity index (χ0v) is 49.5. The van der Waals surface area contributed by atoms with Crippen molar-refractivity contribution in [1.29, 1.82) is 0 Å². The van der Waals surface area contributed by atoms with E-state index in [0.717, 1.165) is 135 Å². The molecule has 0 aromatic rings. The average molecular weight is 1050 g/mol. The lowest BCUT2D eigenvalue weighted by atomic mass is 10.0. The van der Waals surface area contributed by atoms with Gasteiger partial charge in [0.15, 0.2) is 6.10 Å². The minimum Gasteiger partial charge on any atom is -0.462 e. The molecule has 0 spiro atoms. The molecule has 6 heteroatoms. The van der Waals surface area contributed by atoms with Crippen LogP contribution >= 0.6 is 0 Å². The van der Waals surface area contributed by atoms with E-state index in [-0.39, 0.29) is 31.1 Å². The molecular formula is C70H116O6. The Kier molecular flexibility index (Phi) is 59.9. The van der Waals surface area contributed by atoms with Crippen LogP contribution in [0.2, 0.25) is 0 Å². The fourth-order valence-corrected chi connectivity index (χ4v) is 8.56. The third-order valence-electron chi connectivity index (χ3n) is 13.2. The molecule has 0 radical (unpaired) electrons. The first-order chi connectivity index (χ1) is 37.5. The monoisotopic (exact) mass is 1050 g/mol. The first-order valence-electron chi connectivity index (χ1n) is 31.5. The van der Waals surface area contributed by atoms with Gasteiger partial charge in [0.2, 0.25) is 0 Å². The Labute approximate surface area is 469 Å². The molecule has 0 heterocycles. The van der Waals surface area contributed by atoms with Crippen molar-refractivity contribution in [2.24, 2.45) is 0 Å². The molecule has 0 aliphatic carbocycles. The third kappa shape index (κ3) is 60.7. The first-order valence-corrected chi connectivity index (χ1v) is 31.5. The van der Waals surface area contributed by atoms with Gasteiger partial charge in [-0.05, 0) is 109 Å². The van der Waals surface area contributed by atoms with Crippen molar-refractivity contribution in [1.82, 2.24) is 0 Å². The first kappa shape index (κ1) is 71.8. The molecule has 0 saturated heterocycles. The van der Waals surface area contributed by atoms with Crippen LogP contribution in [0, 0.1) is 0 Å². The smallest absolute Gasteiger partial charge is 0.306 e. The van der Waals surface area contributed by atoms with E-state index in [4.69, 9.17) is 14.2 Å². The van der Waals surface area contributed by atoms with Crippen LogP contribution in [0.1, 0.15) is 284 Å². The van der Waals surface area contributed by atoms with E-state index in [1.165, 1.54) is 109 Å². The lowest BCUT2D eigenvalue weighted by Gasteiger charge is -2.18. The van der Waals surface area contributed by atoms with Crippen LogP contribution in [0.25, 0.3) is 0 Å². The summed E-state index contributed by atoms with van der Waals surface area (Å²) in [4.78, 5) is 38.0. The maximum atomic E-state index is 12.8. The molecule has 6 nitrogen and oxygen atoms in total. The van der Waals surface area contributed by atoms with E-state index in [1.54, 1.807) is 0 Å². The van der Waals surface area contributed by atoms with Crippen LogP contribution in [0.4, 0.5) is 0 Å².